The van der Waals surface area contributed by atoms with Crippen molar-refractivity contribution in [2.75, 3.05) is 6.61 Å². The predicted molar refractivity (Wildman–Crippen MR) is 74.1 cm³/mol. The molecule has 3 nitrogen and oxygen atoms in total. The lowest BCUT2D eigenvalue weighted by molar-refractivity contribution is 0.0930. The first-order valence-electron chi connectivity index (χ1n) is 6.50. The Labute approximate surface area is 110 Å². The largest absolute Gasteiger partial charge is 0.494 e. The quantitative estimate of drug-likeness (QED) is 0.870. The molecule has 0 unspecified atom stereocenters. The molecule has 0 aromatic heterocycles. The van der Waals surface area contributed by atoms with Crippen LogP contribution in [0.3, 0.4) is 0 Å². The van der Waals surface area contributed by atoms with Gasteiger partial charge in [-0.2, -0.15) is 0 Å². The van der Waals surface area contributed by atoms with Crippen LogP contribution in [0.25, 0.3) is 0 Å². The van der Waals surface area contributed by atoms with Crippen molar-refractivity contribution in [1.82, 2.24) is 5.32 Å². The molecule has 18 heavy (non-hydrogen) atoms. The molecule has 100 valence electrons. The van der Waals surface area contributed by atoms with Crippen molar-refractivity contribution >= 4 is 5.91 Å². The van der Waals surface area contributed by atoms with Gasteiger partial charge in [-0.05, 0) is 50.5 Å². The maximum atomic E-state index is 12.0. The Balaban J connectivity index is 2.78. The second kappa shape index (κ2) is 6.43. The number of carbonyl (C=O) groups excluding carboxylic acids is 1. The van der Waals surface area contributed by atoms with Gasteiger partial charge in [0.15, 0.2) is 0 Å². The zero-order valence-electron chi connectivity index (χ0n) is 11.9. The van der Waals surface area contributed by atoms with E-state index in [9.17, 15) is 4.79 Å². The highest BCUT2D eigenvalue weighted by Gasteiger charge is 2.13. The smallest absolute Gasteiger partial charge is 0.251 e. The number of aryl methyl sites for hydroxylation is 1. The molecule has 1 N–H and O–H groups in total. The Morgan fingerprint density at radius 3 is 2.50 bits per heavy atom. The van der Waals surface area contributed by atoms with Crippen molar-refractivity contribution in [2.45, 2.75) is 40.7 Å². The molecular weight excluding hydrogens is 226 g/mol. The predicted octanol–water partition coefficient (Wildman–Crippen LogP) is 3.17. The third-order valence-corrected chi connectivity index (χ3v) is 3.10. The van der Waals surface area contributed by atoms with Gasteiger partial charge in [-0.3, -0.25) is 4.79 Å². The number of hydrogen-bond donors (Lipinski definition) is 1. The standard InChI is InChI=1S/C15H23NO2/c1-6-18-14-8-7-13(9-11(14)4)15(17)16-12(5)10(2)3/h7-10,12H,6H2,1-5H3,(H,16,17)/t12-/m0/s1. The summed E-state index contributed by atoms with van der Waals surface area (Å²) in [7, 11) is 0. The second-order valence-corrected chi connectivity index (χ2v) is 4.92. The van der Waals surface area contributed by atoms with Gasteiger partial charge in [-0.15, -0.1) is 0 Å². The van der Waals surface area contributed by atoms with Crippen LogP contribution in [0.2, 0.25) is 0 Å². The molecule has 0 radical (unpaired) electrons. The average Bonchev–Trinajstić information content (AvgIpc) is 2.31. The third kappa shape index (κ3) is 3.76. The zero-order chi connectivity index (χ0) is 13.7. The molecule has 0 aliphatic rings. The highest BCUT2D eigenvalue weighted by molar-refractivity contribution is 5.94. The van der Waals surface area contributed by atoms with E-state index in [0.717, 1.165) is 11.3 Å². The van der Waals surface area contributed by atoms with Crippen LogP contribution in [0.4, 0.5) is 0 Å². The number of benzene rings is 1. The molecule has 1 atom stereocenters. The lowest BCUT2D eigenvalue weighted by Crippen LogP contribution is -2.36. The van der Waals surface area contributed by atoms with Crippen LogP contribution in [0, 0.1) is 12.8 Å². The highest BCUT2D eigenvalue weighted by atomic mass is 16.5. The molecule has 1 rings (SSSR count). The number of hydrogen-bond acceptors (Lipinski definition) is 2. The summed E-state index contributed by atoms with van der Waals surface area (Å²) in [5, 5.41) is 2.99. The fourth-order valence-corrected chi connectivity index (χ4v) is 1.56. The second-order valence-electron chi connectivity index (χ2n) is 4.92. The Morgan fingerprint density at radius 1 is 1.33 bits per heavy atom. The van der Waals surface area contributed by atoms with Gasteiger partial charge in [0.1, 0.15) is 5.75 Å². The molecule has 0 aliphatic carbocycles. The van der Waals surface area contributed by atoms with Gasteiger partial charge in [0.25, 0.3) is 5.91 Å². The van der Waals surface area contributed by atoms with Crippen LogP contribution in [-0.2, 0) is 0 Å². The summed E-state index contributed by atoms with van der Waals surface area (Å²) < 4.78 is 5.46. The molecule has 0 heterocycles. The lowest BCUT2D eigenvalue weighted by atomic mass is 10.1. The summed E-state index contributed by atoms with van der Waals surface area (Å²) in [6.45, 7) is 10.7. The van der Waals surface area contributed by atoms with E-state index in [2.05, 4.69) is 19.2 Å². The molecule has 1 aromatic rings. The summed E-state index contributed by atoms with van der Waals surface area (Å²) in [6, 6.07) is 5.70. The van der Waals surface area contributed by atoms with Crippen molar-refractivity contribution < 1.29 is 9.53 Å². The van der Waals surface area contributed by atoms with E-state index in [-0.39, 0.29) is 11.9 Å². The monoisotopic (exact) mass is 249 g/mol. The molecule has 1 amide bonds. The summed E-state index contributed by atoms with van der Waals surface area (Å²) >= 11 is 0. The molecule has 0 bridgehead atoms. The molecule has 1 aromatic carbocycles. The van der Waals surface area contributed by atoms with Crippen molar-refractivity contribution in [1.29, 1.82) is 0 Å². The summed E-state index contributed by atoms with van der Waals surface area (Å²) in [5.74, 6) is 1.24. The van der Waals surface area contributed by atoms with Crippen LogP contribution in [0.5, 0.6) is 5.75 Å². The van der Waals surface area contributed by atoms with E-state index in [1.807, 2.05) is 32.9 Å². The number of ether oxygens (including phenoxy) is 1. The topological polar surface area (TPSA) is 38.3 Å². The first kappa shape index (κ1) is 14.6. The molecular formula is C15H23NO2. The third-order valence-electron chi connectivity index (χ3n) is 3.10. The molecule has 3 heteroatoms. The first-order chi connectivity index (χ1) is 8.45. The van der Waals surface area contributed by atoms with E-state index in [4.69, 9.17) is 4.74 Å². The minimum Gasteiger partial charge on any atom is -0.494 e. The number of rotatable bonds is 5. The number of nitrogens with one attached hydrogen (secondary N) is 1. The minimum absolute atomic E-state index is 0.0256. The van der Waals surface area contributed by atoms with E-state index in [1.165, 1.54) is 0 Å². The van der Waals surface area contributed by atoms with Crippen LogP contribution in [0.1, 0.15) is 43.6 Å². The van der Waals surface area contributed by atoms with Gasteiger partial charge in [-0.25, -0.2) is 0 Å². The SMILES string of the molecule is CCOc1ccc(C(=O)N[C@@H](C)C(C)C)cc1C. The van der Waals surface area contributed by atoms with Gasteiger partial charge in [0.05, 0.1) is 6.61 Å². The molecule has 0 saturated carbocycles. The summed E-state index contributed by atoms with van der Waals surface area (Å²) in [4.78, 5) is 12.0. The summed E-state index contributed by atoms with van der Waals surface area (Å²) in [6.07, 6.45) is 0. The van der Waals surface area contributed by atoms with Crippen molar-refractivity contribution in [2.24, 2.45) is 5.92 Å². The average molecular weight is 249 g/mol. The molecule has 0 fully saturated rings. The van der Waals surface area contributed by atoms with Gasteiger partial charge >= 0.3 is 0 Å². The zero-order valence-corrected chi connectivity index (χ0v) is 11.9. The van der Waals surface area contributed by atoms with Crippen LogP contribution < -0.4 is 10.1 Å². The van der Waals surface area contributed by atoms with Gasteiger partial charge in [0.2, 0.25) is 0 Å². The molecule has 0 saturated heterocycles. The Morgan fingerprint density at radius 2 is 2.00 bits per heavy atom. The van der Waals surface area contributed by atoms with E-state index in [1.54, 1.807) is 6.07 Å². The van der Waals surface area contributed by atoms with Gasteiger partial charge in [0, 0.05) is 11.6 Å². The van der Waals surface area contributed by atoms with E-state index in [0.29, 0.717) is 18.1 Å². The lowest BCUT2D eigenvalue weighted by Gasteiger charge is -2.17. The fourth-order valence-electron chi connectivity index (χ4n) is 1.56. The normalized spacial score (nSPS) is 12.3. The highest BCUT2D eigenvalue weighted by Crippen LogP contribution is 2.19. The number of carbonyl (C=O) groups is 1. The Hall–Kier alpha value is -1.51. The Bertz CT molecular complexity index is 413. The van der Waals surface area contributed by atoms with Crippen molar-refractivity contribution in [3.8, 4) is 5.75 Å². The first-order valence-corrected chi connectivity index (χ1v) is 6.50. The van der Waals surface area contributed by atoms with Crippen molar-refractivity contribution in [3.05, 3.63) is 29.3 Å². The van der Waals surface area contributed by atoms with E-state index >= 15 is 0 Å². The molecule has 0 spiro atoms. The van der Waals surface area contributed by atoms with Gasteiger partial charge in [-0.1, -0.05) is 13.8 Å². The summed E-state index contributed by atoms with van der Waals surface area (Å²) in [5.41, 5.74) is 1.67. The van der Waals surface area contributed by atoms with Crippen LogP contribution in [-0.4, -0.2) is 18.6 Å². The molecule has 0 aliphatic heterocycles. The minimum atomic E-state index is -0.0256. The fraction of sp³-hybridized carbons (Fsp3) is 0.533. The van der Waals surface area contributed by atoms with Crippen LogP contribution in [0.15, 0.2) is 18.2 Å². The maximum absolute atomic E-state index is 12.0. The van der Waals surface area contributed by atoms with Crippen LogP contribution >= 0.6 is 0 Å². The van der Waals surface area contributed by atoms with E-state index < -0.39 is 0 Å². The maximum Gasteiger partial charge on any atom is 0.251 e. The Kier molecular flexibility index (Phi) is 5.20. The van der Waals surface area contributed by atoms with Crippen molar-refractivity contribution in [3.63, 3.8) is 0 Å². The number of amides is 1. The van der Waals surface area contributed by atoms with Gasteiger partial charge < -0.3 is 10.1 Å².